The summed E-state index contributed by atoms with van der Waals surface area (Å²) in [6, 6.07) is 12.4. The Bertz CT molecular complexity index is 1120. The lowest BCUT2D eigenvalue weighted by Crippen LogP contribution is -2.48. The Kier molecular flexibility index (Phi) is 6.57. The molecule has 2 aromatic rings. The first-order valence-electron chi connectivity index (χ1n) is 11.6. The molecule has 1 atom stereocenters. The van der Waals surface area contributed by atoms with Crippen LogP contribution in [0.4, 0.5) is 11.4 Å². The molecule has 5 nitrogen and oxygen atoms in total. The number of nitrogens with zero attached hydrogens (tertiary/aromatic N) is 2. The molecule has 0 bridgehead atoms. The van der Waals surface area contributed by atoms with Crippen molar-refractivity contribution in [3.05, 3.63) is 58.0 Å². The van der Waals surface area contributed by atoms with Gasteiger partial charge in [-0.15, -0.1) is 0 Å². The van der Waals surface area contributed by atoms with Gasteiger partial charge in [0.1, 0.15) is 5.75 Å². The summed E-state index contributed by atoms with van der Waals surface area (Å²) in [5, 5.41) is 3.49. The number of amides is 1. The van der Waals surface area contributed by atoms with Gasteiger partial charge < -0.3 is 15.0 Å². The number of anilines is 1. The van der Waals surface area contributed by atoms with Gasteiger partial charge in [-0.3, -0.25) is 4.79 Å². The monoisotopic (exact) mass is 463 g/mol. The highest BCUT2D eigenvalue weighted by atomic mass is 32.2. The van der Waals surface area contributed by atoms with Crippen LogP contribution in [-0.2, 0) is 11.2 Å². The number of carbonyl (C=O) groups excluding carboxylic acids is 1. The van der Waals surface area contributed by atoms with Gasteiger partial charge in [0.05, 0.1) is 17.7 Å². The van der Waals surface area contributed by atoms with E-state index in [2.05, 4.69) is 74.1 Å². The number of methoxy groups -OCH3 is 1. The van der Waals surface area contributed by atoms with E-state index in [4.69, 9.17) is 4.74 Å². The minimum atomic E-state index is -0.131. The summed E-state index contributed by atoms with van der Waals surface area (Å²) >= 11 is 1.37. The summed E-state index contributed by atoms with van der Waals surface area (Å²) in [6.45, 7) is 12.1. The lowest BCUT2D eigenvalue weighted by molar-refractivity contribution is -0.115. The molecule has 2 aromatic carbocycles. The summed E-state index contributed by atoms with van der Waals surface area (Å²) in [6.07, 6.45) is 3.99. The predicted molar refractivity (Wildman–Crippen MR) is 140 cm³/mol. The molecule has 33 heavy (non-hydrogen) atoms. The number of rotatable bonds is 5. The second-order valence-electron chi connectivity index (χ2n) is 9.32. The first-order chi connectivity index (χ1) is 15.7. The van der Waals surface area contributed by atoms with Gasteiger partial charge in [-0.25, -0.2) is 4.99 Å². The van der Waals surface area contributed by atoms with Crippen LogP contribution in [-0.4, -0.2) is 30.3 Å². The normalized spacial score (nSPS) is 21.9. The first-order valence-corrected chi connectivity index (χ1v) is 12.5. The smallest absolute Gasteiger partial charge is 0.264 e. The molecule has 0 spiro atoms. The third kappa shape index (κ3) is 4.67. The van der Waals surface area contributed by atoms with E-state index in [-0.39, 0.29) is 11.4 Å². The highest BCUT2D eigenvalue weighted by Crippen LogP contribution is 2.46. The molecule has 0 radical (unpaired) electrons. The zero-order valence-electron chi connectivity index (χ0n) is 20.4. The Labute approximate surface area is 201 Å². The van der Waals surface area contributed by atoms with Gasteiger partial charge >= 0.3 is 0 Å². The SMILES string of the molecule is CCc1ccc(N=C2NC(=O)/C(=C\c3cc4c(cc3OC)N(CC)C(C)(C)CC4C)S2)cc1. The zero-order valence-corrected chi connectivity index (χ0v) is 21.2. The molecule has 1 saturated heterocycles. The minimum absolute atomic E-state index is 0.0913. The highest BCUT2D eigenvalue weighted by molar-refractivity contribution is 8.18. The number of hydrogen-bond donors (Lipinski definition) is 1. The maximum absolute atomic E-state index is 12.7. The van der Waals surface area contributed by atoms with E-state index in [0.29, 0.717) is 16.0 Å². The van der Waals surface area contributed by atoms with Gasteiger partial charge in [0, 0.05) is 29.4 Å². The Morgan fingerprint density at radius 2 is 1.97 bits per heavy atom. The number of benzene rings is 2. The topological polar surface area (TPSA) is 53.9 Å². The Balaban J connectivity index is 1.67. The van der Waals surface area contributed by atoms with Gasteiger partial charge in [0.15, 0.2) is 5.17 Å². The molecular weight excluding hydrogens is 430 g/mol. The Morgan fingerprint density at radius 3 is 2.61 bits per heavy atom. The third-order valence-electron chi connectivity index (χ3n) is 6.57. The van der Waals surface area contributed by atoms with Crippen molar-refractivity contribution >= 4 is 40.3 Å². The van der Waals surface area contributed by atoms with Gasteiger partial charge in [0.25, 0.3) is 5.91 Å². The van der Waals surface area contributed by atoms with Crippen molar-refractivity contribution in [2.24, 2.45) is 4.99 Å². The number of aryl methyl sites for hydroxylation is 1. The van der Waals surface area contributed by atoms with E-state index in [9.17, 15) is 4.79 Å². The van der Waals surface area contributed by atoms with Gasteiger partial charge in [-0.2, -0.15) is 0 Å². The van der Waals surface area contributed by atoms with Gasteiger partial charge in [-0.05, 0) is 86.7 Å². The molecule has 1 fully saturated rings. The fourth-order valence-electron chi connectivity index (χ4n) is 4.96. The summed E-state index contributed by atoms with van der Waals surface area (Å²) < 4.78 is 5.76. The first kappa shape index (κ1) is 23.4. The Morgan fingerprint density at radius 1 is 1.24 bits per heavy atom. The number of aliphatic imine (C=N–C) groups is 1. The fraction of sp³-hybridized carbons (Fsp3) is 0.407. The van der Waals surface area contributed by atoms with Crippen LogP contribution in [0.15, 0.2) is 46.3 Å². The van der Waals surface area contributed by atoms with Crippen LogP contribution < -0.4 is 15.0 Å². The average molecular weight is 464 g/mol. The quantitative estimate of drug-likeness (QED) is 0.532. The number of thioether (sulfide) groups is 1. The lowest BCUT2D eigenvalue weighted by atomic mass is 9.79. The lowest BCUT2D eigenvalue weighted by Gasteiger charge is -2.47. The summed E-state index contributed by atoms with van der Waals surface area (Å²) in [7, 11) is 1.69. The summed E-state index contributed by atoms with van der Waals surface area (Å²) in [4.78, 5) is 20.4. The van der Waals surface area contributed by atoms with Crippen LogP contribution in [0, 0.1) is 0 Å². The number of fused-ring (bicyclic) bond motifs is 1. The van der Waals surface area contributed by atoms with E-state index in [1.165, 1.54) is 28.6 Å². The van der Waals surface area contributed by atoms with Crippen molar-refractivity contribution in [3.8, 4) is 5.75 Å². The van der Waals surface area contributed by atoms with Crippen LogP contribution in [0.25, 0.3) is 6.08 Å². The third-order valence-corrected chi connectivity index (χ3v) is 7.48. The van der Waals surface area contributed by atoms with E-state index in [1.807, 2.05) is 18.2 Å². The molecule has 1 unspecified atom stereocenters. The largest absolute Gasteiger partial charge is 0.496 e. The molecule has 4 rings (SSSR count). The van der Waals surface area contributed by atoms with Gasteiger partial charge in [0.2, 0.25) is 0 Å². The predicted octanol–water partition coefficient (Wildman–Crippen LogP) is 6.26. The van der Waals surface area contributed by atoms with Gasteiger partial charge in [-0.1, -0.05) is 26.0 Å². The zero-order chi connectivity index (χ0) is 23.8. The van der Waals surface area contributed by atoms with Crippen molar-refractivity contribution in [2.45, 2.75) is 58.9 Å². The van der Waals surface area contributed by atoms with Crippen molar-refractivity contribution in [3.63, 3.8) is 0 Å². The molecule has 174 valence electrons. The van der Waals surface area contributed by atoms with E-state index in [0.717, 1.165) is 36.4 Å². The molecule has 1 amide bonds. The van der Waals surface area contributed by atoms with Crippen molar-refractivity contribution < 1.29 is 9.53 Å². The van der Waals surface area contributed by atoms with Crippen molar-refractivity contribution in [1.82, 2.24) is 5.32 Å². The maximum atomic E-state index is 12.7. The second-order valence-corrected chi connectivity index (χ2v) is 10.3. The van der Waals surface area contributed by atoms with Crippen molar-refractivity contribution in [1.29, 1.82) is 0 Å². The molecule has 0 aliphatic carbocycles. The van der Waals surface area contributed by atoms with E-state index >= 15 is 0 Å². The second kappa shape index (κ2) is 9.26. The van der Waals surface area contributed by atoms with Crippen LogP contribution in [0.5, 0.6) is 5.75 Å². The van der Waals surface area contributed by atoms with E-state index in [1.54, 1.807) is 7.11 Å². The van der Waals surface area contributed by atoms with Crippen LogP contribution in [0.3, 0.4) is 0 Å². The molecule has 6 heteroatoms. The minimum Gasteiger partial charge on any atom is -0.496 e. The number of carbonyl (C=O) groups is 1. The summed E-state index contributed by atoms with van der Waals surface area (Å²) in [5.74, 6) is 1.07. The maximum Gasteiger partial charge on any atom is 0.264 e. The molecule has 0 saturated carbocycles. The van der Waals surface area contributed by atoms with E-state index < -0.39 is 0 Å². The van der Waals surface area contributed by atoms with Crippen LogP contribution >= 0.6 is 11.8 Å². The number of amidine groups is 1. The highest BCUT2D eigenvalue weighted by Gasteiger charge is 2.36. The average Bonchev–Trinajstić information content (AvgIpc) is 3.12. The molecular formula is C27H33N3O2S. The fourth-order valence-corrected chi connectivity index (χ4v) is 5.79. The molecule has 2 heterocycles. The summed E-state index contributed by atoms with van der Waals surface area (Å²) in [5.41, 5.74) is 5.64. The van der Waals surface area contributed by atoms with Crippen molar-refractivity contribution in [2.75, 3.05) is 18.6 Å². The number of ether oxygens (including phenoxy) is 1. The molecule has 0 aromatic heterocycles. The molecule has 2 aliphatic heterocycles. The standard InChI is InChI=1S/C27H33N3O2S/c1-7-18-9-11-20(12-10-18)28-26-29-25(31)24(33-26)14-19-13-21-17(3)16-27(4,5)30(8-2)22(21)15-23(19)32-6/h9-15,17H,7-8,16H2,1-6H3,(H,28,29,31)/b24-14+. The van der Waals surface area contributed by atoms with Crippen LogP contribution in [0.2, 0.25) is 0 Å². The number of nitrogens with one attached hydrogen (secondary N) is 1. The molecule has 1 N–H and O–H groups in total. The molecule has 2 aliphatic rings. The number of hydrogen-bond acceptors (Lipinski definition) is 5. The van der Waals surface area contributed by atoms with Crippen LogP contribution in [0.1, 0.15) is 63.6 Å². The Hall–Kier alpha value is -2.73.